The van der Waals surface area contributed by atoms with Crippen LogP contribution in [0.2, 0.25) is 6.55 Å². The van der Waals surface area contributed by atoms with Crippen molar-refractivity contribution in [3.05, 3.63) is 11.2 Å². The Morgan fingerprint density at radius 1 is 1.33 bits per heavy atom. The van der Waals surface area contributed by atoms with Crippen molar-refractivity contribution >= 4 is 20.2 Å². The van der Waals surface area contributed by atoms with E-state index >= 15 is 0 Å². The van der Waals surface area contributed by atoms with E-state index in [1.165, 1.54) is 5.54 Å². The predicted octanol–water partition coefficient (Wildman–Crippen LogP) is 1.64. The second-order valence-electron chi connectivity index (χ2n) is 1.72. The highest BCUT2D eigenvalue weighted by molar-refractivity contribution is 6.71. The summed E-state index contributed by atoms with van der Waals surface area (Å²) in [4.78, 5) is 0. The van der Waals surface area contributed by atoms with Crippen LogP contribution in [-0.2, 0) is 8.85 Å². The highest BCUT2D eigenvalue weighted by Gasteiger charge is 2.23. The molecule has 0 unspecified atom stereocenters. The Balaban J connectivity index is 3.92. The lowest BCUT2D eigenvalue weighted by atomic mass is 11.2. The van der Waals surface area contributed by atoms with Crippen LogP contribution < -0.4 is 0 Å². The minimum absolute atomic E-state index is 1.43. The molecule has 0 aromatic heterocycles. The van der Waals surface area contributed by atoms with Gasteiger partial charge < -0.3 is 8.85 Å². The molecule has 0 atom stereocenters. The van der Waals surface area contributed by atoms with E-state index in [2.05, 4.69) is 0 Å². The molecule has 0 saturated heterocycles. The summed E-state index contributed by atoms with van der Waals surface area (Å²) >= 11 is 5.34. The summed E-state index contributed by atoms with van der Waals surface area (Å²) in [6.07, 6.45) is 0. The normalized spacial score (nSPS) is 12.9. The van der Waals surface area contributed by atoms with E-state index < -0.39 is 8.56 Å². The van der Waals surface area contributed by atoms with Crippen molar-refractivity contribution in [2.24, 2.45) is 0 Å². The van der Waals surface area contributed by atoms with E-state index in [1.54, 1.807) is 19.9 Å². The van der Waals surface area contributed by atoms with Gasteiger partial charge in [-0.3, -0.25) is 0 Å². The Labute approximate surface area is 61.7 Å². The quantitative estimate of drug-likeness (QED) is 0.594. The molecule has 0 saturated carbocycles. The van der Waals surface area contributed by atoms with Gasteiger partial charge in [0.15, 0.2) is 0 Å². The van der Waals surface area contributed by atoms with Crippen molar-refractivity contribution < 1.29 is 8.85 Å². The third kappa shape index (κ3) is 3.00. The molecule has 0 radical (unpaired) electrons. The maximum absolute atomic E-state index is 5.34. The van der Waals surface area contributed by atoms with E-state index in [0.29, 0.717) is 0 Å². The largest absolute Gasteiger partial charge is 0.395 e. The Morgan fingerprint density at radius 2 is 1.78 bits per heavy atom. The minimum atomic E-state index is -2.01. The van der Waals surface area contributed by atoms with Crippen molar-refractivity contribution in [3.63, 3.8) is 0 Å². The Hall–Kier alpha value is 0.167. The lowest BCUT2D eigenvalue weighted by Gasteiger charge is -2.17. The van der Waals surface area contributed by atoms with Gasteiger partial charge in [-0.1, -0.05) is 11.6 Å². The molecule has 0 aliphatic carbocycles. The number of hydrogen-bond donors (Lipinski definition) is 0. The number of hydrogen-bond acceptors (Lipinski definition) is 2. The summed E-state index contributed by atoms with van der Waals surface area (Å²) in [5.74, 6) is 0. The SMILES string of the molecule is CO[Si](C)(/C=C/Cl)OC. The van der Waals surface area contributed by atoms with E-state index in [-0.39, 0.29) is 0 Å². The van der Waals surface area contributed by atoms with Crippen molar-refractivity contribution in [2.45, 2.75) is 6.55 Å². The fourth-order valence-electron chi connectivity index (χ4n) is 0.334. The Kier molecular flexibility index (Phi) is 4.13. The van der Waals surface area contributed by atoms with Gasteiger partial charge in [-0.05, 0) is 12.2 Å². The molecule has 0 aromatic carbocycles. The zero-order valence-corrected chi connectivity index (χ0v) is 7.61. The lowest BCUT2D eigenvalue weighted by molar-refractivity contribution is 0.264. The van der Waals surface area contributed by atoms with Crippen LogP contribution in [0.3, 0.4) is 0 Å². The Bertz CT molecular complexity index is 101. The molecule has 0 aliphatic heterocycles. The second-order valence-corrected chi connectivity index (χ2v) is 5.15. The molecule has 0 spiro atoms. The summed E-state index contributed by atoms with van der Waals surface area (Å²) < 4.78 is 10.1. The average molecular weight is 167 g/mol. The molecular weight excluding hydrogens is 156 g/mol. The average Bonchev–Trinajstić information content (AvgIpc) is 1.89. The van der Waals surface area contributed by atoms with Crippen LogP contribution in [0.1, 0.15) is 0 Å². The fourth-order valence-corrected chi connectivity index (χ4v) is 1.69. The first kappa shape index (κ1) is 9.17. The van der Waals surface area contributed by atoms with E-state index in [9.17, 15) is 0 Å². The molecule has 0 amide bonds. The molecule has 54 valence electrons. The summed E-state index contributed by atoms with van der Waals surface area (Å²) in [5, 5.41) is 0. The second kappa shape index (κ2) is 4.06. The first-order chi connectivity index (χ1) is 4.18. The molecule has 0 aromatic rings. The van der Waals surface area contributed by atoms with Crippen molar-refractivity contribution in [1.29, 1.82) is 0 Å². The van der Waals surface area contributed by atoms with Crippen LogP contribution in [0.25, 0.3) is 0 Å². The summed E-state index contributed by atoms with van der Waals surface area (Å²) in [6, 6.07) is 0. The third-order valence-electron chi connectivity index (χ3n) is 1.18. The molecule has 0 aliphatic rings. The lowest BCUT2D eigenvalue weighted by Crippen LogP contribution is -2.33. The van der Waals surface area contributed by atoms with Crippen molar-refractivity contribution in [1.82, 2.24) is 0 Å². The molecule has 0 rings (SSSR count). The molecule has 9 heavy (non-hydrogen) atoms. The predicted molar refractivity (Wildman–Crippen MR) is 40.6 cm³/mol. The highest BCUT2D eigenvalue weighted by atomic mass is 35.5. The molecule has 0 heterocycles. The van der Waals surface area contributed by atoms with E-state index in [4.69, 9.17) is 20.5 Å². The van der Waals surface area contributed by atoms with Gasteiger partial charge >= 0.3 is 8.56 Å². The molecule has 0 fully saturated rings. The number of rotatable bonds is 3. The standard InChI is InChI=1S/C5H11ClO2Si/c1-7-9(3,8-2)5-4-6/h4-5H,1-3H3/b5-4+. The van der Waals surface area contributed by atoms with Gasteiger partial charge in [0.25, 0.3) is 0 Å². The van der Waals surface area contributed by atoms with Crippen LogP contribution >= 0.6 is 11.6 Å². The van der Waals surface area contributed by atoms with E-state index in [1.807, 2.05) is 6.55 Å². The smallest absolute Gasteiger partial charge is 0.362 e. The fraction of sp³-hybridized carbons (Fsp3) is 0.600. The van der Waals surface area contributed by atoms with Crippen LogP contribution in [0.4, 0.5) is 0 Å². The van der Waals surface area contributed by atoms with Crippen LogP contribution in [-0.4, -0.2) is 22.8 Å². The van der Waals surface area contributed by atoms with Crippen molar-refractivity contribution in [2.75, 3.05) is 14.2 Å². The van der Waals surface area contributed by atoms with Gasteiger partial charge in [0, 0.05) is 19.8 Å². The maximum Gasteiger partial charge on any atom is 0.362 e. The monoisotopic (exact) mass is 166 g/mol. The van der Waals surface area contributed by atoms with Crippen LogP contribution in [0.5, 0.6) is 0 Å². The molecule has 4 heteroatoms. The zero-order valence-electron chi connectivity index (χ0n) is 5.85. The van der Waals surface area contributed by atoms with Crippen LogP contribution in [0, 0.1) is 0 Å². The topological polar surface area (TPSA) is 18.5 Å². The van der Waals surface area contributed by atoms with E-state index in [0.717, 1.165) is 0 Å². The van der Waals surface area contributed by atoms with Gasteiger partial charge in [-0.15, -0.1) is 0 Å². The summed E-state index contributed by atoms with van der Waals surface area (Å²) in [5.41, 5.74) is 3.19. The molecule has 0 bridgehead atoms. The third-order valence-corrected chi connectivity index (χ3v) is 3.91. The molecule has 2 nitrogen and oxygen atoms in total. The number of halogens is 1. The van der Waals surface area contributed by atoms with Gasteiger partial charge in [-0.2, -0.15) is 0 Å². The molecular formula is C5H11ClO2Si. The van der Waals surface area contributed by atoms with Gasteiger partial charge in [-0.25, -0.2) is 0 Å². The highest BCUT2D eigenvalue weighted by Crippen LogP contribution is 2.05. The summed E-state index contributed by atoms with van der Waals surface area (Å²) in [6.45, 7) is 1.91. The maximum atomic E-state index is 5.34. The zero-order chi connectivity index (χ0) is 7.33. The Morgan fingerprint density at radius 3 is 1.89 bits per heavy atom. The first-order valence-electron chi connectivity index (χ1n) is 2.56. The van der Waals surface area contributed by atoms with Gasteiger partial charge in [0.2, 0.25) is 0 Å². The molecule has 0 N–H and O–H groups in total. The van der Waals surface area contributed by atoms with Gasteiger partial charge in [0.1, 0.15) is 0 Å². The first-order valence-corrected chi connectivity index (χ1v) is 5.40. The summed E-state index contributed by atoms with van der Waals surface area (Å²) in [7, 11) is 1.23. The minimum Gasteiger partial charge on any atom is -0.395 e. The van der Waals surface area contributed by atoms with Crippen LogP contribution in [0.15, 0.2) is 11.2 Å². The van der Waals surface area contributed by atoms with Crippen molar-refractivity contribution in [3.8, 4) is 0 Å². The van der Waals surface area contributed by atoms with Gasteiger partial charge in [0.05, 0.1) is 0 Å².